The second-order valence-corrected chi connectivity index (χ2v) is 4.57. The van der Waals surface area contributed by atoms with Gasteiger partial charge in [0.15, 0.2) is 0 Å². The number of pyridine rings is 1. The smallest absolute Gasteiger partial charge is 0.209 e. The predicted octanol–water partition coefficient (Wildman–Crippen LogP) is 0.203. The second kappa shape index (κ2) is 5.82. The summed E-state index contributed by atoms with van der Waals surface area (Å²) in [5, 5.41) is 8.94. The highest BCUT2D eigenvalue weighted by atomic mass is 16.3. The van der Waals surface area contributed by atoms with Crippen molar-refractivity contribution in [3.63, 3.8) is 0 Å². The zero-order valence-electron chi connectivity index (χ0n) is 10.7. The van der Waals surface area contributed by atoms with E-state index in [4.69, 9.17) is 5.11 Å². The maximum atomic E-state index is 10.6. The first kappa shape index (κ1) is 12.8. The Morgan fingerprint density at radius 3 is 2.67 bits per heavy atom. The molecule has 2 heterocycles. The molecule has 5 nitrogen and oxygen atoms in total. The van der Waals surface area contributed by atoms with E-state index in [9.17, 15) is 4.79 Å². The minimum absolute atomic E-state index is 0.153. The van der Waals surface area contributed by atoms with Gasteiger partial charge in [0.2, 0.25) is 6.41 Å². The van der Waals surface area contributed by atoms with Crippen LogP contribution in [0.25, 0.3) is 0 Å². The number of nitrogens with zero attached hydrogens (tertiary/aromatic N) is 3. The lowest BCUT2D eigenvalue weighted by Crippen LogP contribution is -2.46. The summed E-state index contributed by atoms with van der Waals surface area (Å²) in [6.07, 6.45) is 3.39. The Hall–Kier alpha value is -1.62. The number of rotatable bonds is 4. The minimum atomic E-state index is 0.153. The summed E-state index contributed by atoms with van der Waals surface area (Å²) < 4.78 is 0. The highest BCUT2D eigenvalue weighted by molar-refractivity contribution is 5.49. The third kappa shape index (κ3) is 2.79. The van der Waals surface area contributed by atoms with Crippen LogP contribution in [0.1, 0.15) is 11.1 Å². The highest BCUT2D eigenvalue weighted by Gasteiger charge is 2.17. The lowest BCUT2D eigenvalue weighted by Gasteiger charge is -2.33. The summed E-state index contributed by atoms with van der Waals surface area (Å²) in [5.41, 5.74) is 2.25. The normalized spacial score (nSPS) is 15.9. The molecule has 0 spiro atoms. The van der Waals surface area contributed by atoms with Crippen LogP contribution in [0.4, 0.5) is 5.82 Å². The van der Waals surface area contributed by atoms with Gasteiger partial charge in [-0.05, 0) is 30.5 Å². The molecule has 1 saturated heterocycles. The summed E-state index contributed by atoms with van der Waals surface area (Å²) in [4.78, 5) is 19.1. The van der Waals surface area contributed by atoms with Crippen molar-refractivity contribution >= 4 is 12.2 Å². The summed E-state index contributed by atoms with van der Waals surface area (Å²) >= 11 is 0. The zero-order valence-corrected chi connectivity index (χ0v) is 10.7. The van der Waals surface area contributed by atoms with Gasteiger partial charge >= 0.3 is 0 Å². The number of aromatic nitrogens is 1. The van der Waals surface area contributed by atoms with Crippen LogP contribution in [-0.2, 0) is 11.2 Å². The molecule has 0 unspecified atom stereocenters. The van der Waals surface area contributed by atoms with Crippen LogP contribution in [0.15, 0.2) is 12.3 Å². The van der Waals surface area contributed by atoms with Crippen molar-refractivity contribution in [1.82, 2.24) is 9.88 Å². The van der Waals surface area contributed by atoms with Gasteiger partial charge in [-0.15, -0.1) is 0 Å². The number of aliphatic hydroxyl groups is 1. The lowest BCUT2D eigenvalue weighted by molar-refractivity contribution is -0.118. The molecular weight excluding hydrogens is 230 g/mol. The molecule has 0 radical (unpaired) electrons. The number of carbonyl (C=O) groups excluding carboxylic acids is 1. The molecule has 0 aliphatic carbocycles. The fourth-order valence-electron chi connectivity index (χ4n) is 2.18. The predicted molar refractivity (Wildman–Crippen MR) is 69.6 cm³/mol. The first-order valence-corrected chi connectivity index (χ1v) is 6.25. The molecule has 1 fully saturated rings. The summed E-state index contributed by atoms with van der Waals surface area (Å²) in [6, 6.07) is 2.06. The SMILES string of the molecule is Cc1cc(N2CCN(C=O)CC2)ncc1CCO. The van der Waals surface area contributed by atoms with Crippen molar-refractivity contribution < 1.29 is 9.90 Å². The second-order valence-electron chi connectivity index (χ2n) is 4.57. The molecular formula is C13H19N3O2. The average Bonchev–Trinajstić information content (AvgIpc) is 2.41. The van der Waals surface area contributed by atoms with Gasteiger partial charge < -0.3 is 14.9 Å². The van der Waals surface area contributed by atoms with E-state index in [0.29, 0.717) is 6.42 Å². The largest absolute Gasteiger partial charge is 0.396 e. The van der Waals surface area contributed by atoms with E-state index < -0.39 is 0 Å². The van der Waals surface area contributed by atoms with Crippen LogP contribution in [-0.4, -0.2) is 54.2 Å². The molecule has 1 aliphatic rings. The Labute approximate surface area is 107 Å². The van der Waals surface area contributed by atoms with Crippen molar-refractivity contribution in [2.75, 3.05) is 37.7 Å². The van der Waals surface area contributed by atoms with Gasteiger partial charge in [0.05, 0.1) is 0 Å². The van der Waals surface area contributed by atoms with Crippen molar-refractivity contribution in [1.29, 1.82) is 0 Å². The van der Waals surface area contributed by atoms with Gasteiger partial charge in [0.25, 0.3) is 0 Å². The highest BCUT2D eigenvalue weighted by Crippen LogP contribution is 2.17. The number of carbonyl (C=O) groups is 1. The average molecular weight is 249 g/mol. The molecule has 1 amide bonds. The Balaban J connectivity index is 2.05. The number of anilines is 1. The fraction of sp³-hybridized carbons (Fsp3) is 0.538. The van der Waals surface area contributed by atoms with Crippen molar-refractivity contribution in [2.24, 2.45) is 0 Å². The van der Waals surface area contributed by atoms with Crippen molar-refractivity contribution in [2.45, 2.75) is 13.3 Å². The maximum Gasteiger partial charge on any atom is 0.209 e. The van der Waals surface area contributed by atoms with Gasteiger partial charge in [-0.25, -0.2) is 4.98 Å². The first-order valence-electron chi connectivity index (χ1n) is 6.25. The first-order chi connectivity index (χ1) is 8.74. The number of aryl methyl sites for hydroxylation is 1. The molecule has 1 aromatic rings. The number of piperazine rings is 1. The molecule has 1 N–H and O–H groups in total. The summed E-state index contributed by atoms with van der Waals surface area (Å²) in [6.45, 7) is 5.35. The molecule has 98 valence electrons. The van der Waals surface area contributed by atoms with Crippen LogP contribution < -0.4 is 4.90 Å². The summed E-state index contributed by atoms with van der Waals surface area (Å²) in [7, 11) is 0. The molecule has 0 saturated carbocycles. The number of aliphatic hydroxyl groups excluding tert-OH is 1. The van der Waals surface area contributed by atoms with Crippen LogP contribution in [0.5, 0.6) is 0 Å². The quantitative estimate of drug-likeness (QED) is 0.775. The molecule has 18 heavy (non-hydrogen) atoms. The van der Waals surface area contributed by atoms with Crippen molar-refractivity contribution in [3.05, 3.63) is 23.4 Å². The molecule has 0 bridgehead atoms. The van der Waals surface area contributed by atoms with Crippen molar-refractivity contribution in [3.8, 4) is 0 Å². The van der Waals surface area contributed by atoms with E-state index in [1.807, 2.05) is 13.1 Å². The molecule has 2 rings (SSSR count). The van der Waals surface area contributed by atoms with Crippen LogP contribution in [0, 0.1) is 6.92 Å². The van der Waals surface area contributed by atoms with E-state index in [2.05, 4.69) is 16.0 Å². The van der Waals surface area contributed by atoms with Crippen LogP contribution in [0.3, 0.4) is 0 Å². The fourth-order valence-corrected chi connectivity index (χ4v) is 2.18. The Bertz CT molecular complexity index is 415. The topological polar surface area (TPSA) is 56.7 Å². The van der Waals surface area contributed by atoms with E-state index in [1.54, 1.807) is 4.90 Å². The maximum absolute atomic E-state index is 10.6. The Morgan fingerprint density at radius 1 is 1.39 bits per heavy atom. The van der Waals surface area contributed by atoms with E-state index in [-0.39, 0.29) is 6.61 Å². The van der Waals surface area contributed by atoms with E-state index in [0.717, 1.165) is 49.5 Å². The monoisotopic (exact) mass is 249 g/mol. The van der Waals surface area contributed by atoms with Gasteiger partial charge in [-0.1, -0.05) is 0 Å². The van der Waals surface area contributed by atoms with E-state index in [1.165, 1.54) is 0 Å². The number of hydrogen-bond acceptors (Lipinski definition) is 4. The number of amides is 1. The molecule has 5 heteroatoms. The molecule has 1 aromatic heterocycles. The van der Waals surface area contributed by atoms with Gasteiger partial charge in [0, 0.05) is 39.0 Å². The number of hydrogen-bond donors (Lipinski definition) is 1. The summed E-state index contributed by atoms with van der Waals surface area (Å²) in [5.74, 6) is 0.958. The third-order valence-corrected chi connectivity index (χ3v) is 3.37. The molecule has 0 aromatic carbocycles. The van der Waals surface area contributed by atoms with Crippen LogP contribution in [0.2, 0.25) is 0 Å². The van der Waals surface area contributed by atoms with Crippen LogP contribution >= 0.6 is 0 Å². The molecule has 0 atom stereocenters. The van der Waals surface area contributed by atoms with Gasteiger partial charge in [0.1, 0.15) is 5.82 Å². The van der Waals surface area contributed by atoms with Gasteiger partial charge in [-0.2, -0.15) is 0 Å². The lowest BCUT2D eigenvalue weighted by atomic mass is 10.1. The third-order valence-electron chi connectivity index (χ3n) is 3.37. The van der Waals surface area contributed by atoms with Gasteiger partial charge in [-0.3, -0.25) is 4.79 Å². The zero-order chi connectivity index (χ0) is 13.0. The Morgan fingerprint density at radius 2 is 2.11 bits per heavy atom. The van der Waals surface area contributed by atoms with E-state index >= 15 is 0 Å². The standard InChI is InChI=1S/C13H19N3O2/c1-11-8-13(14-9-12(11)2-7-17)16-5-3-15(10-18)4-6-16/h8-10,17H,2-7H2,1H3. The molecule has 1 aliphatic heterocycles. The minimum Gasteiger partial charge on any atom is -0.396 e. The Kier molecular flexibility index (Phi) is 4.15.